The highest BCUT2D eigenvalue weighted by atomic mass is 16.6. The topological polar surface area (TPSA) is 219 Å². The summed E-state index contributed by atoms with van der Waals surface area (Å²) >= 11 is 0. The van der Waals surface area contributed by atoms with E-state index in [4.69, 9.17) is 14.2 Å². The number of hydrogen-bond acceptors (Lipinski definition) is 11. The van der Waals surface area contributed by atoms with E-state index in [0.29, 0.717) is 18.5 Å². The van der Waals surface area contributed by atoms with Gasteiger partial charge in [-0.25, -0.2) is 14.4 Å². The van der Waals surface area contributed by atoms with E-state index in [-0.39, 0.29) is 30.8 Å². The van der Waals surface area contributed by atoms with Crippen LogP contribution in [0.25, 0.3) is 0 Å². The summed E-state index contributed by atoms with van der Waals surface area (Å²) < 4.78 is 18.0. The molecule has 6 amide bonds. The zero-order valence-electron chi connectivity index (χ0n) is 44.9. The smallest absolute Gasteiger partial charge is 0.407 e. The number of nitrogens with zero attached hydrogens (tertiary/aromatic N) is 2. The first-order valence-electron chi connectivity index (χ1n) is 25.7. The molecule has 9 atom stereocenters. The number of allylic oxidation sites excluding steroid dienone is 1. The van der Waals surface area contributed by atoms with Crippen LogP contribution in [0.4, 0.5) is 4.79 Å². The number of carbonyl (C=O) groups excluding carboxylic acids is 8. The van der Waals surface area contributed by atoms with Gasteiger partial charge in [0, 0.05) is 45.0 Å². The van der Waals surface area contributed by atoms with E-state index in [9.17, 15) is 38.4 Å². The van der Waals surface area contributed by atoms with Gasteiger partial charge in [0.15, 0.2) is 6.10 Å². The van der Waals surface area contributed by atoms with Gasteiger partial charge in [-0.1, -0.05) is 129 Å². The number of unbranched alkanes of at least 4 members (excludes halogenated alkanes) is 6. The average Bonchev–Trinajstić information content (AvgIpc) is 3.33. The number of rotatable bonds is 16. The molecule has 1 aliphatic rings. The number of alkyl carbamates (subject to hydrolysis) is 1. The van der Waals surface area contributed by atoms with Crippen molar-refractivity contribution in [1.82, 2.24) is 31.1 Å². The van der Waals surface area contributed by atoms with Crippen LogP contribution >= 0.6 is 0 Å². The van der Waals surface area contributed by atoms with Gasteiger partial charge in [-0.15, -0.1) is 0 Å². The molecule has 0 fully saturated rings. The Kier molecular flexibility index (Phi) is 27.3. The number of likely N-dealkylation sites (N-methyl/N-ethyl adjacent to an activating group) is 2. The van der Waals surface area contributed by atoms with Crippen LogP contribution in [0.5, 0.6) is 0 Å². The van der Waals surface area contributed by atoms with Crippen LogP contribution in [0, 0.1) is 17.8 Å². The second kappa shape index (κ2) is 31.6. The van der Waals surface area contributed by atoms with Gasteiger partial charge in [0.05, 0.1) is 6.54 Å². The summed E-state index contributed by atoms with van der Waals surface area (Å²) in [4.78, 5) is 113. The Labute approximate surface area is 423 Å². The molecule has 0 saturated heterocycles. The number of ether oxygens (including phenoxy) is 3. The van der Waals surface area contributed by atoms with Gasteiger partial charge in [0.2, 0.25) is 23.6 Å². The maximum atomic E-state index is 14.3. The minimum atomic E-state index is -1.30. The third-order valence-electron chi connectivity index (χ3n) is 13.1. The predicted molar refractivity (Wildman–Crippen MR) is 273 cm³/mol. The van der Waals surface area contributed by atoms with Crippen molar-refractivity contribution in [2.45, 2.75) is 189 Å². The maximum absolute atomic E-state index is 14.3. The quantitative estimate of drug-likeness (QED) is 0.0590. The third kappa shape index (κ3) is 20.9. The van der Waals surface area contributed by atoms with Gasteiger partial charge in [0.25, 0.3) is 5.91 Å². The lowest BCUT2D eigenvalue weighted by molar-refractivity contribution is -0.155. The fraction of sp³-hybridized carbons (Fsp3) is 0.667. The molecule has 4 N–H and O–H groups in total. The first kappa shape index (κ1) is 61.4. The van der Waals surface area contributed by atoms with Crippen molar-refractivity contribution >= 4 is 47.6 Å². The molecule has 0 saturated carbocycles. The van der Waals surface area contributed by atoms with E-state index < -0.39 is 108 Å². The molecule has 1 aromatic carbocycles. The van der Waals surface area contributed by atoms with Crippen LogP contribution in [0.2, 0.25) is 0 Å². The number of cyclic esters (lactones) is 2. The summed E-state index contributed by atoms with van der Waals surface area (Å²) in [5.74, 6) is -6.02. The van der Waals surface area contributed by atoms with E-state index >= 15 is 0 Å². The van der Waals surface area contributed by atoms with Crippen molar-refractivity contribution in [3.63, 3.8) is 0 Å². The number of benzene rings is 1. The molecule has 0 spiro atoms. The zero-order chi connectivity index (χ0) is 53.4. The number of nitrogens with one attached hydrogen (secondary N) is 4. The van der Waals surface area contributed by atoms with Crippen molar-refractivity contribution < 1.29 is 52.6 Å². The molecule has 0 radical (unpaired) electrons. The predicted octanol–water partition coefficient (Wildman–Crippen LogP) is 6.72. The lowest BCUT2D eigenvalue weighted by Gasteiger charge is -2.33. The molecule has 2 rings (SSSR count). The monoisotopic (exact) mass is 995 g/mol. The number of carbonyl (C=O) groups is 8. The van der Waals surface area contributed by atoms with E-state index in [1.54, 1.807) is 64.1 Å². The second-order valence-corrected chi connectivity index (χ2v) is 19.6. The first-order valence-corrected chi connectivity index (χ1v) is 25.7. The third-order valence-corrected chi connectivity index (χ3v) is 13.1. The Morgan fingerprint density at radius 3 is 2.07 bits per heavy atom. The molecule has 0 aliphatic carbocycles. The summed E-state index contributed by atoms with van der Waals surface area (Å²) in [6.45, 7) is 19.2. The van der Waals surface area contributed by atoms with Crippen molar-refractivity contribution in [3.05, 3.63) is 59.2 Å². The van der Waals surface area contributed by atoms with Crippen LogP contribution in [0.1, 0.15) is 146 Å². The van der Waals surface area contributed by atoms with Crippen molar-refractivity contribution in [2.75, 3.05) is 27.2 Å². The van der Waals surface area contributed by atoms with Crippen LogP contribution in [0.15, 0.2) is 53.6 Å². The minimum Gasteiger partial charge on any atom is -0.456 e. The van der Waals surface area contributed by atoms with Gasteiger partial charge in [-0.2, -0.15) is 0 Å². The number of esters is 2. The molecule has 1 aliphatic heterocycles. The largest absolute Gasteiger partial charge is 0.456 e. The van der Waals surface area contributed by atoms with E-state index in [1.807, 2.05) is 26.8 Å². The summed E-state index contributed by atoms with van der Waals surface area (Å²) in [7, 11) is 2.86. The molecule has 1 heterocycles. The van der Waals surface area contributed by atoms with Gasteiger partial charge in [0.1, 0.15) is 36.4 Å². The highest BCUT2D eigenvalue weighted by Gasteiger charge is 2.37. The molecule has 17 heteroatoms. The molecule has 17 nitrogen and oxygen atoms in total. The van der Waals surface area contributed by atoms with Gasteiger partial charge < -0.3 is 45.3 Å². The van der Waals surface area contributed by atoms with Crippen LogP contribution in [-0.4, -0.2) is 127 Å². The normalized spacial score (nSPS) is 25.8. The molecule has 1 unspecified atom stereocenters. The van der Waals surface area contributed by atoms with Crippen LogP contribution in [0.3, 0.4) is 0 Å². The van der Waals surface area contributed by atoms with Gasteiger partial charge >= 0.3 is 18.0 Å². The molecule has 0 aromatic heterocycles. The zero-order valence-corrected chi connectivity index (χ0v) is 44.9. The highest BCUT2D eigenvalue weighted by molar-refractivity contribution is 5.96. The van der Waals surface area contributed by atoms with Crippen LogP contribution in [-0.2, 0) is 54.2 Å². The fourth-order valence-corrected chi connectivity index (χ4v) is 8.14. The molecular formula is C54H86N6O11. The van der Waals surface area contributed by atoms with Crippen molar-refractivity contribution in [1.29, 1.82) is 0 Å². The molecular weight excluding hydrogens is 909 g/mol. The Balaban J connectivity index is 2.66. The Morgan fingerprint density at radius 2 is 1.46 bits per heavy atom. The fourth-order valence-electron chi connectivity index (χ4n) is 8.14. The summed E-state index contributed by atoms with van der Waals surface area (Å²) in [6, 6.07) is 4.41. The first-order chi connectivity index (χ1) is 33.6. The number of hydrogen-bond donors (Lipinski definition) is 4. The average molecular weight is 995 g/mol. The van der Waals surface area contributed by atoms with E-state index in [0.717, 1.165) is 37.7 Å². The van der Waals surface area contributed by atoms with Crippen LogP contribution < -0.4 is 21.3 Å². The lowest BCUT2D eigenvalue weighted by atomic mass is 9.90. The summed E-state index contributed by atoms with van der Waals surface area (Å²) in [5, 5.41) is 11.0. The summed E-state index contributed by atoms with van der Waals surface area (Å²) in [5.41, 5.74) is 1.48. The maximum Gasteiger partial charge on any atom is 0.407 e. The molecule has 0 bridgehead atoms. The van der Waals surface area contributed by atoms with Gasteiger partial charge in [-0.3, -0.25) is 24.0 Å². The lowest BCUT2D eigenvalue weighted by Crippen LogP contribution is -2.57. The molecule has 398 valence electrons. The Bertz CT molecular complexity index is 1970. The van der Waals surface area contributed by atoms with Crippen molar-refractivity contribution in [2.24, 2.45) is 17.8 Å². The van der Waals surface area contributed by atoms with E-state index in [2.05, 4.69) is 28.2 Å². The minimum absolute atomic E-state index is 0.0163. The van der Waals surface area contributed by atoms with Gasteiger partial charge in [-0.05, 0) is 70.4 Å². The SMILES string of the molecule is C/C=C(\C)[C@H]1OC(=O)[C@@H](C)NC(=O)[C@H](C(C)CC)NC(=O)CN(C)C(=O)[C@@H](Cc2ccccc2)N(C)C(=O)[C@H](C)NC(=O)[C@@H](CC(C)C)OC(=O)/C(C)=C/C[C@H](OC(=O)NCCCCCCCCC)[C@@H]1C. The molecule has 1 aromatic rings. The van der Waals surface area contributed by atoms with Crippen molar-refractivity contribution in [3.8, 4) is 0 Å². The standard InChI is InChI=1S/C54H86N6O11/c1-14-17-18-19-20-21-25-30-55-54(68)70-43-29-28-37(8)52(66)69-44(31-34(4)5)48(62)56-39(10)50(64)60(13)42(32-41-26-23-22-24-27-41)51(65)59(12)33-45(61)58-46(35(6)15-2)49(63)57-40(11)53(67)71-47(38(43)9)36(7)16-3/h16,22-24,26-28,34-35,38-40,42-44,46-47H,14-15,17-21,25,29-33H2,1-13H3,(H,55,68)(H,56,62)(H,57,63)(H,58,61)/b36-16+,37-28+/t35?,38-,39-,40+,42+,43-,44+,46-,47+/m0/s1. The highest BCUT2D eigenvalue weighted by Crippen LogP contribution is 2.26. The molecule has 71 heavy (non-hydrogen) atoms. The number of amides is 6. The summed E-state index contributed by atoms with van der Waals surface area (Å²) in [6.07, 6.45) is 7.47. The van der Waals surface area contributed by atoms with E-state index in [1.165, 1.54) is 57.5 Å². The Morgan fingerprint density at radius 1 is 0.845 bits per heavy atom. The second-order valence-electron chi connectivity index (χ2n) is 19.6. The Hall–Kier alpha value is -5.74.